The molecule has 0 aliphatic heterocycles. The SMILES string of the molecule is O=C(CNC(=O)c1ccc(Cl)cc1)NCC(=O)O[C@@H](C(=O)c1ccccc1)c1ccc(Cl)cc1. The van der Waals surface area contributed by atoms with Gasteiger partial charge in [0, 0.05) is 26.7 Å². The Kier molecular flexibility index (Phi) is 8.79. The second-order valence-corrected chi connectivity index (χ2v) is 7.99. The van der Waals surface area contributed by atoms with E-state index in [2.05, 4.69) is 10.6 Å². The monoisotopic (exact) mass is 498 g/mol. The highest BCUT2D eigenvalue weighted by Crippen LogP contribution is 2.24. The zero-order valence-electron chi connectivity index (χ0n) is 17.8. The molecule has 0 saturated carbocycles. The molecule has 0 aromatic heterocycles. The number of benzene rings is 3. The van der Waals surface area contributed by atoms with Gasteiger partial charge in [0.05, 0.1) is 6.54 Å². The largest absolute Gasteiger partial charge is 0.448 e. The van der Waals surface area contributed by atoms with Crippen LogP contribution in [-0.2, 0) is 14.3 Å². The highest BCUT2D eigenvalue weighted by molar-refractivity contribution is 6.30. The summed E-state index contributed by atoms with van der Waals surface area (Å²) in [6.45, 7) is -0.833. The molecule has 0 aliphatic carbocycles. The van der Waals surface area contributed by atoms with Gasteiger partial charge in [-0.15, -0.1) is 0 Å². The van der Waals surface area contributed by atoms with Crippen molar-refractivity contribution in [3.05, 3.63) is 106 Å². The van der Waals surface area contributed by atoms with E-state index in [1.807, 2.05) is 0 Å². The van der Waals surface area contributed by atoms with Crippen LogP contribution in [0.3, 0.4) is 0 Å². The third-order valence-electron chi connectivity index (χ3n) is 4.66. The first-order valence-electron chi connectivity index (χ1n) is 10.2. The van der Waals surface area contributed by atoms with Gasteiger partial charge in [-0.1, -0.05) is 65.7 Å². The van der Waals surface area contributed by atoms with Gasteiger partial charge in [-0.2, -0.15) is 0 Å². The summed E-state index contributed by atoms with van der Waals surface area (Å²) in [7, 11) is 0. The summed E-state index contributed by atoms with van der Waals surface area (Å²) in [5.74, 6) is -2.30. The van der Waals surface area contributed by atoms with Gasteiger partial charge >= 0.3 is 5.97 Å². The van der Waals surface area contributed by atoms with Gasteiger partial charge in [0.1, 0.15) is 6.54 Å². The average molecular weight is 499 g/mol. The number of ketones is 1. The number of ether oxygens (including phenoxy) is 1. The van der Waals surface area contributed by atoms with Gasteiger partial charge in [-0.25, -0.2) is 0 Å². The Bertz CT molecular complexity index is 1170. The Morgan fingerprint density at radius 1 is 0.706 bits per heavy atom. The number of rotatable bonds is 9. The van der Waals surface area contributed by atoms with E-state index >= 15 is 0 Å². The third kappa shape index (κ3) is 7.16. The lowest BCUT2D eigenvalue weighted by molar-refractivity contribution is -0.147. The summed E-state index contributed by atoms with van der Waals surface area (Å²) >= 11 is 11.7. The van der Waals surface area contributed by atoms with Crippen LogP contribution in [0.2, 0.25) is 10.0 Å². The Morgan fingerprint density at radius 3 is 1.91 bits per heavy atom. The number of halogens is 2. The average Bonchev–Trinajstić information content (AvgIpc) is 2.85. The zero-order chi connectivity index (χ0) is 24.5. The zero-order valence-corrected chi connectivity index (χ0v) is 19.3. The first-order chi connectivity index (χ1) is 16.3. The maximum absolute atomic E-state index is 13.0. The fourth-order valence-corrected chi connectivity index (χ4v) is 3.19. The van der Waals surface area contributed by atoms with Crippen molar-refractivity contribution >= 4 is 46.8 Å². The molecule has 0 aliphatic rings. The molecule has 7 nitrogen and oxygen atoms in total. The molecule has 9 heteroatoms. The molecule has 174 valence electrons. The van der Waals surface area contributed by atoms with Gasteiger partial charge in [0.2, 0.25) is 11.7 Å². The summed E-state index contributed by atoms with van der Waals surface area (Å²) in [5.41, 5.74) is 1.14. The van der Waals surface area contributed by atoms with Crippen LogP contribution in [0.5, 0.6) is 0 Å². The first-order valence-corrected chi connectivity index (χ1v) is 10.9. The lowest BCUT2D eigenvalue weighted by Crippen LogP contribution is -2.39. The molecule has 1 atom stereocenters. The van der Waals surface area contributed by atoms with E-state index in [0.29, 0.717) is 26.7 Å². The smallest absolute Gasteiger partial charge is 0.326 e. The molecular formula is C25H20Cl2N2O5. The minimum absolute atomic E-state index is 0.335. The Hall–Kier alpha value is -3.68. The number of carbonyl (C=O) groups excluding carboxylic acids is 4. The maximum Gasteiger partial charge on any atom is 0.326 e. The van der Waals surface area contributed by atoms with E-state index in [4.69, 9.17) is 27.9 Å². The highest BCUT2D eigenvalue weighted by Gasteiger charge is 2.26. The van der Waals surface area contributed by atoms with E-state index in [0.717, 1.165) is 0 Å². The number of esters is 1. The van der Waals surface area contributed by atoms with Crippen LogP contribution in [-0.4, -0.2) is 36.7 Å². The molecule has 0 spiro atoms. The summed E-state index contributed by atoms with van der Waals surface area (Å²) in [5, 5.41) is 5.75. The van der Waals surface area contributed by atoms with Crippen molar-refractivity contribution in [1.29, 1.82) is 0 Å². The van der Waals surface area contributed by atoms with Gasteiger partial charge in [0.15, 0.2) is 6.10 Å². The van der Waals surface area contributed by atoms with Crippen molar-refractivity contribution in [2.24, 2.45) is 0 Å². The number of carbonyl (C=O) groups is 4. The molecule has 0 fully saturated rings. The summed E-state index contributed by atoms with van der Waals surface area (Å²) in [6, 6.07) is 20.9. The summed E-state index contributed by atoms with van der Waals surface area (Å²) in [6.07, 6.45) is -1.21. The fourth-order valence-electron chi connectivity index (χ4n) is 2.93. The van der Waals surface area contributed by atoms with Gasteiger partial charge < -0.3 is 15.4 Å². The predicted octanol–water partition coefficient (Wildman–Crippen LogP) is 4.01. The van der Waals surface area contributed by atoms with E-state index in [1.165, 1.54) is 12.1 Å². The lowest BCUT2D eigenvalue weighted by Gasteiger charge is -2.18. The number of Topliss-reactive ketones (excluding diaryl/α,β-unsaturated/α-hetero) is 1. The van der Waals surface area contributed by atoms with E-state index in [-0.39, 0.29) is 6.54 Å². The second kappa shape index (κ2) is 12.0. The third-order valence-corrected chi connectivity index (χ3v) is 5.17. The minimum Gasteiger partial charge on any atom is -0.448 e. The van der Waals surface area contributed by atoms with Gasteiger partial charge in [0.25, 0.3) is 5.91 Å². The molecule has 3 rings (SSSR count). The standard InChI is InChI=1S/C25H20Cl2N2O5/c26-19-10-6-17(7-11-19)24(23(32)16-4-2-1-3-5-16)34-22(31)15-28-21(30)14-29-25(33)18-8-12-20(27)13-9-18/h1-13,24H,14-15H2,(H,28,30)(H,29,33)/t24-/m1/s1. The normalized spacial score (nSPS) is 11.2. The fraction of sp³-hybridized carbons (Fsp3) is 0.120. The van der Waals surface area contributed by atoms with E-state index in [1.54, 1.807) is 66.7 Å². The van der Waals surface area contributed by atoms with Crippen LogP contribution in [0, 0.1) is 0 Å². The predicted molar refractivity (Wildman–Crippen MR) is 128 cm³/mol. The molecule has 2 amide bonds. The number of hydrogen-bond acceptors (Lipinski definition) is 5. The quantitative estimate of drug-likeness (QED) is 0.342. The van der Waals surface area contributed by atoms with Crippen molar-refractivity contribution in [2.75, 3.05) is 13.1 Å². The number of nitrogens with one attached hydrogen (secondary N) is 2. The molecule has 2 N–H and O–H groups in total. The van der Waals surface area contributed by atoms with Crippen LogP contribution >= 0.6 is 23.2 Å². The van der Waals surface area contributed by atoms with Crippen LogP contribution in [0.4, 0.5) is 0 Å². The maximum atomic E-state index is 13.0. The van der Waals surface area contributed by atoms with Crippen LogP contribution in [0.25, 0.3) is 0 Å². The molecule has 0 unspecified atom stereocenters. The Balaban J connectivity index is 1.57. The van der Waals surface area contributed by atoms with Gasteiger partial charge in [-0.05, 0) is 36.4 Å². The highest BCUT2D eigenvalue weighted by atomic mass is 35.5. The van der Waals surface area contributed by atoms with Crippen LogP contribution < -0.4 is 10.6 Å². The van der Waals surface area contributed by atoms with Crippen molar-refractivity contribution in [2.45, 2.75) is 6.10 Å². The lowest BCUT2D eigenvalue weighted by atomic mass is 10.00. The molecule has 3 aromatic carbocycles. The van der Waals surface area contributed by atoms with Crippen molar-refractivity contribution in [1.82, 2.24) is 10.6 Å². The van der Waals surface area contributed by atoms with Crippen LogP contribution in [0.1, 0.15) is 32.4 Å². The Morgan fingerprint density at radius 2 is 1.29 bits per heavy atom. The van der Waals surface area contributed by atoms with Crippen molar-refractivity contribution in [3.8, 4) is 0 Å². The summed E-state index contributed by atoms with van der Waals surface area (Å²) in [4.78, 5) is 49.5. The molecule has 0 saturated heterocycles. The Labute approximate surface area is 206 Å². The molecule has 0 radical (unpaired) electrons. The number of amides is 2. The molecule has 0 bridgehead atoms. The van der Waals surface area contributed by atoms with Crippen molar-refractivity contribution < 1.29 is 23.9 Å². The molecule has 3 aromatic rings. The molecule has 0 heterocycles. The van der Waals surface area contributed by atoms with Crippen LogP contribution in [0.15, 0.2) is 78.9 Å². The minimum atomic E-state index is -1.21. The molecular weight excluding hydrogens is 479 g/mol. The first kappa shape index (κ1) is 25.0. The van der Waals surface area contributed by atoms with Crippen molar-refractivity contribution in [3.63, 3.8) is 0 Å². The molecule has 34 heavy (non-hydrogen) atoms. The number of hydrogen-bond donors (Lipinski definition) is 2. The van der Waals surface area contributed by atoms with Gasteiger partial charge in [-0.3, -0.25) is 19.2 Å². The second-order valence-electron chi connectivity index (χ2n) is 7.12. The topological polar surface area (TPSA) is 102 Å². The summed E-state index contributed by atoms with van der Waals surface area (Å²) < 4.78 is 5.40. The van der Waals surface area contributed by atoms with E-state index < -0.39 is 36.2 Å². The van der Waals surface area contributed by atoms with E-state index in [9.17, 15) is 19.2 Å².